The number of hydrogen-bond donors (Lipinski definition) is 1. The summed E-state index contributed by atoms with van der Waals surface area (Å²) in [5, 5.41) is 5.78. The first-order valence-electron chi connectivity index (χ1n) is 7.56. The lowest BCUT2D eigenvalue weighted by atomic mass is 10.1. The van der Waals surface area contributed by atoms with E-state index in [-0.39, 0.29) is 6.61 Å². The van der Waals surface area contributed by atoms with Crippen molar-refractivity contribution in [3.63, 3.8) is 0 Å². The van der Waals surface area contributed by atoms with E-state index in [2.05, 4.69) is 22.3 Å². The van der Waals surface area contributed by atoms with E-state index in [1.54, 1.807) is 0 Å². The lowest BCUT2D eigenvalue weighted by Crippen LogP contribution is -2.28. The first kappa shape index (κ1) is 14.1. The van der Waals surface area contributed by atoms with E-state index in [0.29, 0.717) is 0 Å². The minimum Gasteiger partial charge on any atom is -0.489 e. The van der Waals surface area contributed by atoms with E-state index in [0.717, 1.165) is 44.0 Å². The van der Waals surface area contributed by atoms with Crippen molar-refractivity contribution in [2.24, 2.45) is 0 Å². The number of rotatable bonds is 4. The topological polar surface area (TPSA) is 24.5 Å². The predicted molar refractivity (Wildman–Crippen MR) is 85.1 cm³/mol. The number of halogens is 1. The fourth-order valence-corrected chi connectivity index (χ4v) is 2.90. The number of alkyl halides is 1. The van der Waals surface area contributed by atoms with Gasteiger partial charge < -0.3 is 15.0 Å². The SMILES string of the molecule is FCCOc1ccc2ccccc2c1N1CCCNCC1. The molecule has 0 bridgehead atoms. The maximum atomic E-state index is 12.5. The highest BCUT2D eigenvalue weighted by molar-refractivity contribution is 5.97. The lowest BCUT2D eigenvalue weighted by Gasteiger charge is -2.26. The third-order valence-electron chi connectivity index (χ3n) is 3.85. The van der Waals surface area contributed by atoms with E-state index in [1.807, 2.05) is 24.3 Å². The van der Waals surface area contributed by atoms with Gasteiger partial charge in [-0.1, -0.05) is 30.3 Å². The zero-order valence-electron chi connectivity index (χ0n) is 12.1. The highest BCUT2D eigenvalue weighted by Gasteiger charge is 2.17. The Morgan fingerprint density at radius 1 is 1.10 bits per heavy atom. The molecule has 4 heteroatoms. The number of fused-ring (bicyclic) bond motifs is 1. The van der Waals surface area contributed by atoms with Gasteiger partial charge in [0.05, 0.1) is 5.69 Å². The zero-order valence-corrected chi connectivity index (χ0v) is 12.1. The summed E-state index contributed by atoms with van der Waals surface area (Å²) in [6.07, 6.45) is 1.10. The van der Waals surface area contributed by atoms with Crippen molar-refractivity contribution in [2.75, 3.05) is 44.4 Å². The molecule has 0 unspecified atom stereocenters. The van der Waals surface area contributed by atoms with E-state index >= 15 is 0 Å². The molecule has 1 saturated heterocycles. The minimum absolute atomic E-state index is 0.109. The number of hydrogen-bond acceptors (Lipinski definition) is 3. The van der Waals surface area contributed by atoms with Gasteiger partial charge in [-0.15, -0.1) is 0 Å². The molecular weight excluding hydrogens is 267 g/mol. The van der Waals surface area contributed by atoms with Gasteiger partial charge in [0.15, 0.2) is 0 Å². The Morgan fingerprint density at radius 2 is 2.00 bits per heavy atom. The standard InChI is InChI=1S/C17H21FN2O/c18-8-13-21-16-7-6-14-4-1-2-5-15(14)17(16)20-11-3-9-19-10-12-20/h1-2,4-7,19H,3,8-13H2. The van der Waals surface area contributed by atoms with Crippen LogP contribution < -0.4 is 15.0 Å². The Morgan fingerprint density at radius 3 is 2.90 bits per heavy atom. The molecule has 3 nitrogen and oxygen atoms in total. The second kappa shape index (κ2) is 6.76. The van der Waals surface area contributed by atoms with E-state index in [4.69, 9.17) is 4.74 Å². The molecule has 0 aliphatic carbocycles. The molecule has 112 valence electrons. The van der Waals surface area contributed by atoms with Crippen LogP contribution in [-0.4, -0.2) is 39.5 Å². The average molecular weight is 288 g/mol. The van der Waals surface area contributed by atoms with Crippen LogP contribution in [0.5, 0.6) is 5.75 Å². The van der Waals surface area contributed by atoms with Crippen molar-refractivity contribution in [2.45, 2.75) is 6.42 Å². The van der Waals surface area contributed by atoms with Crippen LogP contribution in [0.2, 0.25) is 0 Å². The van der Waals surface area contributed by atoms with Gasteiger partial charge in [-0.2, -0.15) is 0 Å². The highest BCUT2D eigenvalue weighted by atomic mass is 19.1. The third kappa shape index (κ3) is 3.10. The predicted octanol–water partition coefficient (Wildman–Crippen LogP) is 2.99. The summed E-state index contributed by atoms with van der Waals surface area (Å²) in [5.74, 6) is 0.785. The number of ether oxygens (including phenoxy) is 1. The largest absolute Gasteiger partial charge is 0.489 e. The molecule has 0 saturated carbocycles. The van der Waals surface area contributed by atoms with Crippen LogP contribution >= 0.6 is 0 Å². The fraction of sp³-hybridized carbons (Fsp3) is 0.412. The quantitative estimate of drug-likeness (QED) is 0.936. The molecule has 1 heterocycles. The Labute approximate surface area is 124 Å². The summed E-state index contributed by atoms with van der Waals surface area (Å²) in [6, 6.07) is 12.3. The monoisotopic (exact) mass is 288 g/mol. The van der Waals surface area contributed by atoms with Crippen molar-refractivity contribution in [3.8, 4) is 5.75 Å². The molecule has 1 fully saturated rings. The molecule has 0 spiro atoms. The Balaban J connectivity index is 2.05. The molecular formula is C17H21FN2O. The van der Waals surface area contributed by atoms with Crippen LogP contribution in [0.4, 0.5) is 10.1 Å². The van der Waals surface area contributed by atoms with Gasteiger partial charge in [0.25, 0.3) is 0 Å². The first-order valence-corrected chi connectivity index (χ1v) is 7.56. The molecule has 0 radical (unpaired) electrons. The Hall–Kier alpha value is -1.81. The summed E-state index contributed by atoms with van der Waals surface area (Å²) >= 11 is 0. The van der Waals surface area contributed by atoms with Gasteiger partial charge in [0.1, 0.15) is 19.0 Å². The molecule has 0 amide bonds. The lowest BCUT2D eigenvalue weighted by molar-refractivity contribution is 0.274. The maximum Gasteiger partial charge on any atom is 0.143 e. The molecule has 3 rings (SSSR count). The molecule has 1 aliphatic rings. The van der Waals surface area contributed by atoms with E-state index in [9.17, 15) is 4.39 Å². The second-order valence-corrected chi connectivity index (χ2v) is 5.26. The summed E-state index contributed by atoms with van der Waals surface area (Å²) in [5.41, 5.74) is 1.10. The van der Waals surface area contributed by atoms with Gasteiger partial charge >= 0.3 is 0 Å². The van der Waals surface area contributed by atoms with Crippen molar-refractivity contribution in [1.82, 2.24) is 5.32 Å². The van der Waals surface area contributed by atoms with Gasteiger partial charge in [-0.25, -0.2) is 4.39 Å². The Bertz CT molecular complexity index is 594. The average Bonchev–Trinajstić information content (AvgIpc) is 2.81. The van der Waals surface area contributed by atoms with Crippen LogP contribution in [0.3, 0.4) is 0 Å². The summed E-state index contributed by atoms with van der Waals surface area (Å²) < 4.78 is 18.1. The fourth-order valence-electron chi connectivity index (χ4n) is 2.90. The maximum absolute atomic E-state index is 12.5. The van der Waals surface area contributed by atoms with Crippen molar-refractivity contribution >= 4 is 16.5 Å². The molecule has 2 aromatic carbocycles. The molecule has 0 aromatic heterocycles. The van der Waals surface area contributed by atoms with Crippen LogP contribution in [-0.2, 0) is 0 Å². The van der Waals surface area contributed by atoms with Crippen molar-refractivity contribution in [3.05, 3.63) is 36.4 Å². The minimum atomic E-state index is -0.464. The van der Waals surface area contributed by atoms with Crippen LogP contribution in [0, 0.1) is 0 Å². The highest BCUT2D eigenvalue weighted by Crippen LogP contribution is 2.36. The van der Waals surface area contributed by atoms with E-state index in [1.165, 1.54) is 10.8 Å². The summed E-state index contributed by atoms with van der Waals surface area (Å²) in [4.78, 5) is 2.36. The normalized spacial score (nSPS) is 16.0. The first-order chi connectivity index (χ1) is 10.4. The second-order valence-electron chi connectivity index (χ2n) is 5.26. The van der Waals surface area contributed by atoms with Crippen molar-refractivity contribution in [1.29, 1.82) is 0 Å². The van der Waals surface area contributed by atoms with E-state index < -0.39 is 6.67 Å². The van der Waals surface area contributed by atoms with Gasteiger partial charge in [-0.3, -0.25) is 0 Å². The smallest absolute Gasteiger partial charge is 0.143 e. The Kier molecular flexibility index (Phi) is 4.55. The van der Waals surface area contributed by atoms with Gasteiger partial charge in [0.2, 0.25) is 0 Å². The molecule has 21 heavy (non-hydrogen) atoms. The summed E-state index contributed by atoms with van der Waals surface area (Å²) in [7, 11) is 0. The zero-order chi connectivity index (χ0) is 14.5. The summed E-state index contributed by atoms with van der Waals surface area (Å²) in [6.45, 7) is 3.59. The third-order valence-corrected chi connectivity index (χ3v) is 3.85. The van der Waals surface area contributed by atoms with Crippen LogP contribution in [0.1, 0.15) is 6.42 Å². The molecule has 2 aromatic rings. The van der Waals surface area contributed by atoms with Crippen LogP contribution in [0.25, 0.3) is 10.8 Å². The number of benzene rings is 2. The van der Waals surface area contributed by atoms with Gasteiger partial charge in [-0.05, 0) is 24.4 Å². The van der Waals surface area contributed by atoms with Crippen LogP contribution in [0.15, 0.2) is 36.4 Å². The molecule has 1 aliphatic heterocycles. The number of anilines is 1. The molecule has 1 N–H and O–H groups in total. The number of nitrogens with zero attached hydrogens (tertiary/aromatic N) is 1. The van der Waals surface area contributed by atoms with Crippen molar-refractivity contribution < 1.29 is 9.13 Å². The van der Waals surface area contributed by atoms with Gasteiger partial charge in [0, 0.05) is 25.0 Å². The molecule has 0 atom stereocenters. The number of nitrogens with one attached hydrogen (secondary N) is 1.